The Balaban J connectivity index is 2.67. The van der Waals surface area contributed by atoms with Crippen LogP contribution in [0, 0.1) is 0 Å². The standard InChI is InChI=1S/C12H22O2/c1-11(2,3)14-12(10-13)8-6-4-5-7-9-12/h10H,4-9H2,1-3H3. The quantitative estimate of drug-likeness (QED) is 0.503. The Morgan fingerprint density at radius 2 is 1.57 bits per heavy atom. The van der Waals surface area contributed by atoms with Crippen molar-refractivity contribution >= 4 is 6.29 Å². The maximum atomic E-state index is 11.2. The highest BCUT2D eigenvalue weighted by Crippen LogP contribution is 2.32. The fraction of sp³-hybridized carbons (Fsp3) is 0.917. The van der Waals surface area contributed by atoms with E-state index in [4.69, 9.17) is 4.74 Å². The van der Waals surface area contributed by atoms with Crippen LogP contribution < -0.4 is 0 Å². The van der Waals surface area contributed by atoms with Gasteiger partial charge < -0.3 is 9.53 Å². The summed E-state index contributed by atoms with van der Waals surface area (Å²) < 4.78 is 5.93. The number of hydrogen-bond donors (Lipinski definition) is 0. The molecule has 1 fully saturated rings. The number of aldehydes is 1. The number of carbonyl (C=O) groups is 1. The minimum Gasteiger partial charge on any atom is -0.362 e. The fourth-order valence-electron chi connectivity index (χ4n) is 2.18. The molecule has 0 N–H and O–H groups in total. The molecule has 2 nitrogen and oxygen atoms in total. The molecule has 2 heteroatoms. The first-order chi connectivity index (χ1) is 6.47. The van der Waals surface area contributed by atoms with Crippen molar-refractivity contribution in [1.82, 2.24) is 0 Å². The minimum atomic E-state index is -0.491. The highest BCUT2D eigenvalue weighted by atomic mass is 16.5. The molecule has 0 spiro atoms. The molecule has 0 aromatic rings. The van der Waals surface area contributed by atoms with E-state index in [9.17, 15) is 4.79 Å². The van der Waals surface area contributed by atoms with Crippen molar-refractivity contribution in [3.05, 3.63) is 0 Å². The first-order valence-electron chi connectivity index (χ1n) is 5.64. The number of carbonyl (C=O) groups excluding carboxylic acids is 1. The summed E-state index contributed by atoms with van der Waals surface area (Å²) in [6.07, 6.45) is 7.54. The molecule has 1 rings (SSSR count). The summed E-state index contributed by atoms with van der Waals surface area (Å²) in [4.78, 5) is 11.2. The molecule has 0 amide bonds. The lowest BCUT2D eigenvalue weighted by Crippen LogP contribution is -2.41. The zero-order valence-corrected chi connectivity index (χ0v) is 9.64. The van der Waals surface area contributed by atoms with Crippen LogP contribution in [0.2, 0.25) is 0 Å². The van der Waals surface area contributed by atoms with E-state index < -0.39 is 5.60 Å². The summed E-state index contributed by atoms with van der Waals surface area (Å²) in [6.45, 7) is 6.05. The number of rotatable bonds is 2. The Hall–Kier alpha value is -0.370. The van der Waals surface area contributed by atoms with Crippen molar-refractivity contribution in [2.24, 2.45) is 0 Å². The van der Waals surface area contributed by atoms with E-state index in [2.05, 4.69) is 0 Å². The van der Waals surface area contributed by atoms with Gasteiger partial charge in [-0.3, -0.25) is 0 Å². The van der Waals surface area contributed by atoms with Gasteiger partial charge in [0.2, 0.25) is 0 Å². The largest absolute Gasteiger partial charge is 0.362 e. The molecule has 82 valence electrons. The molecule has 1 aliphatic rings. The summed E-state index contributed by atoms with van der Waals surface area (Å²) >= 11 is 0. The lowest BCUT2D eigenvalue weighted by atomic mass is 9.94. The molecule has 0 unspecified atom stereocenters. The van der Waals surface area contributed by atoms with Crippen LogP contribution in [0.25, 0.3) is 0 Å². The molecule has 0 aromatic carbocycles. The van der Waals surface area contributed by atoms with Crippen LogP contribution in [0.4, 0.5) is 0 Å². The van der Waals surface area contributed by atoms with Crippen LogP contribution in [0.5, 0.6) is 0 Å². The van der Waals surface area contributed by atoms with Crippen LogP contribution in [0.15, 0.2) is 0 Å². The van der Waals surface area contributed by atoms with Gasteiger partial charge in [-0.15, -0.1) is 0 Å². The second-order valence-electron chi connectivity index (χ2n) is 5.31. The number of hydrogen-bond acceptors (Lipinski definition) is 2. The molecule has 0 atom stereocenters. The van der Waals surface area contributed by atoms with Gasteiger partial charge in [0.05, 0.1) is 5.60 Å². The van der Waals surface area contributed by atoms with Crippen LogP contribution in [0.3, 0.4) is 0 Å². The highest BCUT2D eigenvalue weighted by Gasteiger charge is 2.35. The molecule has 14 heavy (non-hydrogen) atoms. The monoisotopic (exact) mass is 198 g/mol. The normalized spacial score (nSPS) is 22.8. The van der Waals surface area contributed by atoms with Gasteiger partial charge in [-0.2, -0.15) is 0 Å². The summed E-state index contributed by atoms with van der Waals surface area (Å²) in [6, 6.07) is 0. The van der Waals surface area contributed by atoms with Crippen LogP contribution in [-0.2, 0) is 9.53 Å². The molecule has 1 saturated carbocycles. The van der Waals surface area contributed by atoms with Gasteiger partial charge in [-0.1, -0.05) is 25.7 Å². The lowest BCUT2D eigenvalue weighted by molar-refractivity contribution is -0.156. The van der Waals surface area contributed by atoms with Crippen molar-refractivity contribution in [3.8, 4) is 0 Å². The third-order valence-corrected chi connectivity index (χ3v) is 2.67. The SMILES string of the molecule is CC(C)(C)OC1(C=O)CCCCCC1. The van der Waals surface area contributed by atoms with E-state index in [-0.39, 0.29) is 5.60 Å². The molecule has 0 aliphatic heterocycles. The summed E-state index contributed by atoms with van der Waals surface area (Å²) in [5, 5.41) is 0. The molecular formula is C12H22O2. The van der Waals surface area contributed by atoms with Crippen molar-refractivity contribution < 1.29 is 9.53 Å². The van der Waals surface area contributed by atoms with E-state index in [0.717, 1.165) is 32.0 Å². The van der Waals surface area contributed by atoms with Gasteiger partial charge in [0.15, 0.2) is 6.29 Å². The van der Waals surface area contributed by atoms with E-state index in [1.807, 2.05) is 20.8 Å². The van der Waals surface area contributed by atoms with E-state index in [1.54, 1.807) is 0 Å². The topological polar surface area (TPSA) is 26.3 Å². The van der Waals surface area contributed by atoms with Gasteiger partial charge in [-0.05, 0) is 33.6 Å². The van der Waals surface area contributed by atoms with Gasteiger partial charge in [0.1, 0.15) is 5.60 Å². The summed E-state index contributed by atoms with van der Waals surface area (Å²) in [7, 11) is 0. The highest BCUT2D eigenvalue weighted by molar-refractivity contribution is 5.62. The van der Waals surface area contributed by atoms with Crippen LogP contribution in [-0.4, -0.2) is 17.5 Å². The minimum absolute atomic E-state index is 0.217. The second-order valence-corrected chi connectivity index (χ2v) is 5.31. The van der Waals surface area contributed by atoms with E-state index in [1.165, 1.54) is 12.8 Å². The van der Waals surface area contributed by atoms with Gasteiger partial charge in [0, 0.05) is 0 Å². The average Bonchev–Trinajstić information content (AvgIpc) is 2.28. The Labute approximate surface area is 87.0 Å². The zero-order chi connectivity index (χ0) is 10.7. The van der Waals surface area contributed by atoms with E-state index >= 15 is 0 Å². The first-order valence-corrected chi connectivity index (χ1v) is 5.64. The van der Waals surface area contributed by atoms with Gasteiger partial charge in [-0.25, -0.2) is 0 Å². The van der Waals surface area contributed by atoms with Gasteiger partial charge in [0.25, 0.3) is 0 Å². The first kappa shape index (κ1) is 11.7. The fourth-order valence-corrected chi connectivity index (χ4v) is 2.18. The maximum Gasteiger partial charge on any atom is 0.151 e. The van der Waals surface area contributed by atoms with Crippen molar-refractivity contribution in [2.75, 3.05) is 0 Å². The predicted octanol–water partition coefficient (Wildman–Crippen LogP) is 3.09. The smallest absolute Gasteiger partial charge is 0.151 e. The number of ether oxygens (including phenoxy) is 1. The van der Waals surface area contributed by atoms with Crippen LogP contribution >= 0.6 is 0 Å². The summed E-state index contributed by atoms with van der Waals surface area (Å²) in [5.41, 5.74) is -0.708. The molecule has 0 saturated heterocycles. The van der Waals surface area contributed by atoms with Gasteiger partial charge >= 0.3 is 0 Å². The Morgan fingerprint density at radius 1 is 1.07 bits per heavy atom. The predicted molar refractivity (Wildman–Crippen MR) is 57.3 cm³/mol. The Kier molecular flexibility index (Phi) is 3.71. The maximum absolute atomic E-state index is 11.2. The van der Waals surface area contributed by atoms with Crippen molar-refractivity contribution in [3.63, 3.8) is 0 Å². The molecular weight excluding hydrogens is 176 g/mol. The molecule has 1 aliphatic carbocycles. The third kappa shape index (κ3) is 3.41. The molecule has 0 radical (unpaired) electrons. The second kappa shape index (κ2) is 4.43. The van der Waals surface area contributed by atoms with Crippen molar-refractivity contribution in [2.45, 2.75) is 70.5 Å². The molecule has 0 bridgehead atoms. The zero-order valence-electron chi connectivity index (χ0n) is 9.64. The lowest BCUT2D eigenvalue weighted by Gasteiger charge is -2.34. The Bertz CT molecular complexity index is 183. The summed E-state index contributed by atoms with van der Waals surface area (Å²) in [5.74, 6) is 0. The molecule has 0 heterocycles. The third-order valence-electron chi connectivity index (χ3n) is 2.67. The van der Waals surface area contributed by atoms with E-state index in [0.29, 0.717) is 0 Å². The Morgan fingerprint density at radius 3 is 1.93 bits per heavy atom. The average molecular weight is 198 g/mol. The molecule has 0 aromatic heterocycles. The van der Waals surface area contributed by atoms with Crippen LogP contribution in [0.1, 0.15) is 59.3 Å². The van der Waals surface area contributed by atoms with Crippen molar-refractivity contribution in [1.29, 1.82) is 0 Å².